The first-order chi connectivity index (χ1) is 7.54. The average Bonchev–Trinajstić information content (AvgIpc) is 2.17. The van der Waals surface area contributed by atoms with Crippen molar-refractivity contribution < 1.29 is 10.2 Å². The zero-order valence-corrected chi connectivity index (χ0v) is 9.77. The van der Waals surface area contributed by atoms with Gasteiger partial charge in [0.05, 0.1) is 0 Å². The smallest absolute Gasteiger partial charge is 0.124 e. The van der Waals surface area contributed by atoms with Crippen molar-refractivity contribution in [2.24, 2.45) is 0 Å². The molecule has 0 aromatic heterocycles. The Morgan fingerprint density at radius 3 is 2.62 bits per heavy atom. The molecule has 1 aromatic carbocycles. The van der Waals surface area contributed by atoms with E-state index in [-0.39, 0.29) is 17.5 Å². The molecule has 0 spiro atoms. The van der Waals surface area contributed by atoms with Crippen LogP contribution in [0.2, 0.25) is 0 Å². The summed E-state index contributed by atoms with van der Waals surface area (Å²) < 4.78 is 0. The van der Waals surface area contributed by atoms with E-state index in [1.165, 1.54) is 6.07 Å². The molecular formula is C13H19NO2. The molecule has 0 saturated heterocycles. The van der Waals surface area contributed by atoms with Crippen LogP contribution in [-0.2, 0) is 0 Å². The van der Waals surface area contributed by atoms with Gasteiger partial charge in [-0.05, 0) is 26.3 Å². The molecule has 0 fully saturated rings. The Kier molecular flexibility index (Phi) is 4.38. The minimum absolute atomic E-state index is 0.0375. The van der Waals surface area contributed by atoms with Crippen molar-refractivity contribution in [3.63, 3.8) is 0 Å². The predicted octanol–water partition coefficient (Wildman–Crippen LogP) is 2.71. The van der Waals surface area contributed by atoms with Gasteiger partial charge in [-0.2, -0.15) is 0 Å². The summed E-state index contributed by atoms with van der Waals surface area (Å²) in [6, 6.07) is 5.00. The van der Waals surface area contributed by atoms with Gasteiger partial charge < -0.3 is 15.5 Å². The van der Waals surface area contributed by atoms with Crippen molar-refractivity contribution in [1.29, 1.82) is 0 Å². The second-order valence-electron chi connectivity index (χ2n) is 4.06. The number of aromatic hydroxyl groups is 2. The Morgan fingerprint density at radius 2 is 2.06 bits per heavy atom. The van der Waals surface area contributed by atoms with E-state index in [9.17, 15) is 10.2 Å². The number of rotatable bonds is 5. The second kappa shape index (κ2) is 5.56. The van der Waals surface area contributed by atoms with Gasteiger partial charge in [0.25, 0.3) is 0 Å². The normalized spacial score (nSPS) is 14.4. The van der Waals surface area contributed by atoms with Crippen molar-refractivity contribution in [3.05, 3.63) is 36.4 Å². The van der Waals surface area contributed by atoms with Crippen molar-refractivity contribution in [3.8, 4) is 11.5 Å². The van der Waals surface area contributed by atoms with Gasteiger partial charge in [-0.25, -0.2) is 0 Å². The topological polar surface area (TPSA) is 52.5 Å². The Balaban J connectivity index is 2.72. The summed E-state index contributed by atoms with van der Waals surface area (Å²) in [7, 11) is 0. The molecule has 0 saturated carbocycles. The van der Waals surface area contributed by atoms with Gasteiger partial charge in [0.15, 0.2) is 0 Å². The van der Waals surface area contributed by atoms with E-state index in [4.69, 9.17) is 0 Å². The van der Waals surface area contributed by atoms with Crippen molar-refractivity contribution in [1.82, 2.24) is 5.32 Å². The number of benzene rings is 1. The fraction of sp³-hybridized carbons (Fsp3) is 0.385. The molecule has 0 amide bonds. The lowest BCUT2D eigenvalue weighted by atomic mass is 10.1. The van der Waals surface area contributed by atoms with E-state index in [1.54, 1.807) is 12.1 Å². The Morgan fingerprint density at radius 1 is 1.38 bits per heavy atom. The van der Waals surface area contributed by atoms with Crippen LogP contribution in [0.4, 0.5) is 0 Å². The first-order valence-electron chi connectivity index (χ1n) is 5.43. The number of hydrogen-bond acceptors (Lipinski definition) is 3. The highest BCUT2D eigenvalue weighted by atomic mass is 16.3. The third kappa shape index (κ3) is 3.28. The monoisotopic (exact) mass is 221 g/mol. The fourth-order valence-corrected chi connectivity index (χ4v) is 1.73. The van der Waals surface area contributed by atoms with E-state index in [1.807, 2.05) is 13.0 Å². The van der Waals surface area contributed by atoms with E-state index in [2.05, 4.69) is 18.8 Å². The molecular weight excluding hydrogens is 202 g/mol. The molecule has 0 radical (unpaired) electrons. The Labute approximate surface area is 96.4 Å². The molecule has 1 aromatic rings. The van der Waals surface area contributed by atoms with E-state index in [0.717, 1.165) is 12.0 Å². The predicted molar refractivity (Wildman–Crippen MR) is 65.6 cm³/mol. The van der Waals surface area contributed by atoms with E-state index in [0.29, 0.717) is 6.04 Å². The molecule has 0 aliphatic carbocycles. The highest BCUT2D eigenvalue weighted by molar-refractivity contribution is 5.40. The minimum Gasteiger partial charge on any atom is -0.508 e. The number of hydrogen-bond donors (Lipinski definition) is 3. The van der Waals surface area contributed by atoms with Crippen LogP contribution in [0, 0.1) is 0 Å². The SMILES string of the molecule is C=CCC(C)NC(C)c1ccc(O)cc1O. The Hall–Kier alpha value is -1.48. The van der Waals surface area contributed by atoms with Crippen LogP contribution in [0.3, 0.4) is 0 Å². The zero-order chi connectivity index (χ0) is 12.1. The summed E-state index contributed by atoms with van der Waals surface area (Å²) in [5, 5.41) is 22.2. The molecule has 0 aliphatic heterocycles. The first-order valence-corrected chi connectivity index (χ1v) is 5.43. The Bertz CT molecular complexity index is 363. The quantitative estimate of drug-likeness (QED) is 0.670. The highest BCUT2D eigenvalue weighted by Crippen LogP contribution is 2.27. The summed E-state index contributed by atoms with van der Waals surface area (Å²) >= 11 is 0. The van der Waals surface area contributed by atoms with E-state index >= 15 is 0 Å². The standard InChI is InChI=1S/C13H19NO2/c1-4-5-9(2)14-10(3)12-7-6-11(15)8-13(12)16/h4,6-10,14-16H,1,5H2,2-3H3. The first kappa shape index (κ1) is 12.6. The summed E-state index contributed by atoms with van der Waals surface area (Å²) in [6.45, 7) is 7.73. The van der Waals surface area contributed by atoms with Gasteiger partial charge in [-0.1, -0.05) is 12.1 Å². The molecule has 2 unspecified atom stereocenters. The minimum atomic E-state index is 0.0375. The van der Waals surface area contributed by atoms with Gasteiger partial charge >= 0.3 is 0 Å². The number of phenols is 2. The summed E-state index contributed by atoms with van der Waals surface area (Å²) in [4.78, 5) is 0. The van der Waals surface area contributed by atoms with Crippen LogP contribution < -0.4 is 5.32 Å². The van der Waals surface area contributed by atoms with Gasteiger partial charge in [-0.3, -0.25) is 0 Å². The number of nitrogens with one attached hydrogen (secondary N) is 1. The third-order valence-corrected chi connectivity index (χ3v) is 2.54. The van der Waals surface area contributed by atoms with E-state index < -0.39 is 0 Å². The molecule has 3 N–H and O–H groups in total. The molecule has 3 heteroatoms. The molecule has 0 bridgehead atoms. The van der Waals surface area contributed by atoms with Crippen LogP contribution in [-0.4, -0.2) is 16.3 Å². The van der Waals surface area contributed by atoms with Gasteiger partial charge in [0.1, 0.15) is 11.5 Å². The molecule has 88 valence electrons. The highest BCUT2D eigenvalue weighted by Gasteiger charge is 2.12. The molecule has 16 heavy (non-hydrogen) atoms. The van der Waals surface area contributed by atoms with Crippen molar-refractivity contribution >= 4 is 0 Å². The number of phenolic OH excluding ortho intramolecular Hbond substituents is 2. The molecule has 3 nitrogen and oxygen atoms in total. The lowest BCUT2D eigenvalue weighted by molar-refractivity contribution is 0.425. The van der Waals surface area contributed by atoms with Gasteiger partial charge in [-0.15, -0.1) is 6.58 Å². The summed E-state index contributed by atoms with van der Waals surface area (Å²) in [6.07, 6.45) is 2.74. The van der Waals surface area contributed by atoms with Crippen molar-refractivity contribution in [2.45, 2.75) is 32.4 Å². The van der Waals surface area contributed by atoms with Crippen LogP contribution in [0.25, 0.3) is 0 Å². The average molecular weight is 221 g/mol. The molecule has 1 rings (SSSR count). The zero-order valence-electron chi connectivity index (χ0n) is 9.77. The van der Waals surface area contributed by atoms with Crippen LogP contribution >= 0.6 is 0 Å². The van der Waals surface area contributed by atoms with Crippen molar-refractivity contribution in [2.75, 3.05) is 0 Å². The summed E-state index contributed by atoms with van der Waals surface area (Å²) in [5.41, 5.74) is 0.786. The molecule has 2 atom stereocenters. The van der Waals surface area contributed by atoms with Crippen LogP contribution in [0.1, 0.15) is 31.9 Å². The maximum atomic E-state index is 9.68. The largest absolute Gasteiger partial charge is 0.508 e. The second-order valence-corrected chi connectivity index (χ2v) is 4.06. The maximum Gasteiger partial charge on any atom is 0.124 e. The fourth-order valence-electron chi connectivity index (χ4n) is 1.73. The van der Waals surface area contributed by atoms with Crippen LogP contribution in [0.15, 0.2) is 30.9 Å². The lowest BCUT2D eigenvalue weighted by Crippen LogP contribution is -2.28. The van der Waals surface area contributed by atoms with Gasteiger partial charge in [0, 0.05) is 23.7 Å². The maximum absolute atomic E-state index is 9.68. The van der Waals surface area contributed by atoms with Gasteiger partial charge in [0.2, 0.25) is 0 Å². The van der Waals surface area contributed by atoms with Crippen LogP contribution in [0.5, 0.6) is 11.5 Å². The summed E-state index contributed by atoms with van der Waals surface area (Å²) in [5.74, 6) is 0.193. The molecule has 0 aliphatic rings. The third-order valence-electron chi connectivity index (χ3n) is 2.54. The lowest BCUT2D eigenvalue weighted by Gasteiger charge is -2.20. The molecule has 0 heterocycles.